The zero-order valence-electron chi connectivity index (χ0n) is 12.1. The Kier molecular flexibility index (Phi) is 5.64. The molecule has 0 heterocycles. The Labute approximate surface area is 125 Å². The lowest BCUT2D eigenvalue weighted by Crippen LogP contribution is -2.29. The van der Waals surface area contributed by atoms with E-state index in [1.165, 1.54) is 0 Å². The number of amides is 2. The third-order valence-electron chi connectivity index (χ3n) is 2.90. The Morgan fingerprint density at radius 2 is 1.76 bits per heavy atom. The minimum absolute atomic E-state index is 0.185. The molecule has 4 heteroatoms. The molecule has 0 aromatic heterocycles. The summed E-state index contributed by atoms with van der Waals surface area (Å²) in [5, 5.41) is 5.53. The monoisotopic (exact) mass is 284 g/mol. The fourth-order valence-electron chi connectivity index (χ4n) is 1.79. The van der Waals surface area contributed by atoms with E-state index in [0.717, 1.165) is 23.4 Å². The first kappa shape index (κ1) is 14.9. The topological polar surface area (TPSA) is 50.4 Å². The summed E-state index contributed by atoms with van der Waals surface area (Å²) in [5.74, 6) is 0.776. The van der Waals surface area contributed by atoms with E-state index < -0.39 is 0 Å². The smallest absolute Gasteiger partial charge is 0.319 e. The van der Waals surface area contributed by atoms with E-state index in [-0.39, 0.29) is 6.03 Å². The SMILES string of the molecule is CCCNC(=O)Nc1ccc(OCc2ccccc2)cc1. The van der Waals surface area contributed by atoms with Gasteiger partial charge in [0.2, 0.25) is 0 Å². The molecule has 0 saturated carbocycles. The standard InChI is InChI=1S/C17H20N2O2/c1-2-12-18-17(20)19-15-8-10-16(11-9-15)21-13-14-6-4-3-5-7-14/h3-11H,2,12-13H2,1H3,(H2,18,19,20). The zero-order valence-corrected chi connectivity index (χ0v) is 12.1. The molecule has 2 amide bonds. The fourth-order valence-corrected chi connectivity index (χ4v) is 1.79. The van der Waals surface area contributed by atoms with Crippen molar-refractivity contribution in [3.8, 4) is 5.75 Å². The summed E-state index contributed by atoms with van der Waals surface area (Å²) in [6.07, 6.45) is 0.916. The van der Waals surface area contributed by atoms with E-state index in [1.54, 1.807) is 0 Å². The van der Waals surface area contributed by atoms with Gasteiger partial charge in [0.1, 0.15) is 12.4 Å². The second-order valence-corrected chi connectivity index (χ2v) is 4.68. The van der Waals surface area contributed by atoms with Crippen molar-refractivity contribution in [3.63, 3.8) is 0 Å². The molecular formula is C17H20N2O2. The number of ether oxygens (including phenoxy) is 1. The van der Waals surface area contributed by atoms with Crippen LogP contribution in [0.25, 0.3) is 0 Å². The van der Waals surface area contributed by atoms with E-state index in [0.29, 0.717) is 13.2 Å². The van der Waals surface area contributed by atoms with Crippen LogP contribution in [-0.2, 0) is 6.61 Å². The van der Waals surface area contributed by atoms with Gasteiger partial charge in [0.25, 0.3) is 0 Å². The summed E-state index contributed by atoms with van der Waals surface area (Å²) in [6.45, 7) is 3.22. The highest BCUT2D eigenvalue weighted by atomic mass is 16.5. The van der Waals surface area contributed by atoms with Crippen molar-refractivity contribution in [1.82, 2.24) is 5.32 Å². The molecule has 0 fully saturated rings. The van der Waals surface area contributed by atoms with Crippen molar-refractivity contribution in [2.45, 2.75) is 20.0 Å². The molecule has 0 unspecified atom stereocenters. The number of carbonyl (C=O) groups is 1. The second-order valence-electron chi connectivity index (χ2n) is 4.68. The molecule has 4 nitrogen and oxygen atoms in total. The Bertz CT molecular complexity index is 553. The van der Waals surface area contributed by atoms with Gasteiger partial charge in [0, 0.05) is 12.2 Å². The first-order valence-electron chi connectivity index (χ1n) is 7.09. The fraction of sp³-hybridized carbons (Fsp3) is 0.235. The quantitative estimate of drug-likeness (QED) is 0.847. The van der Waals surface area contributed by atoms with Gasteiger partial charge >= 0.3 is 6.03 Å². The minimum Gasteiger partial charge on any atom is -0.489 e. The molecule has 0 aliphatic heterocycles. The van der Waals surface area contributed by atoms with Gasteiger partial charge in [0.15, 0.2) is 0 Å². The van der Waals surface area contributed by atoms with Crippen molar-refractivity contribution in [2.75, 3.05) is 11.9 Å². The molecule has 0 aliphatic rings. The number of nitrogens with one attached hydrogen (secondary N) is 2. The Morgan fingerprint density at radius 3 is 2.43 bits per heavy atom. The normalized spacial score (nSPS) is 9.95. The number of carbonyl (C=O) groups excluding carboxylic acids is 1. The number of benzene rings is 2. The molecule has 0 atom stereocenters. The van der Waals surface area contributed by atoms with Gasteiger partial charge in [-0.15, -0.1) is 0 Å². The zero-order chi connectivity index (χ0) is 14.9. The van der Waals surface area contributed by atoms with E-state index in [1.807, 2.05) is 61.5 Å². The van der Waals surface area contributed by atoms with Gasteiger partial charge in [-0.1, -0.05) is 37.3 Å². The predicted octanol–water partition coefficient (Wildman–Crippen LogP) is 3.80. The molecule has 0 spiro atoms. The minimum atomic E-state index is -0.185. The summed E-state index contributed by atoms with van der Waals surface area (Å²) < 4.78 is 5.69. The van der Waals surface area contributed by atoms with Crippen LogP contribution in [0.3, 0.4) is 0 Å². The van der Waals surface area contributed by atoms with Gasteiger partial charge < -0.3 is 15.4 Å². The Morgan fingerprint density at radius 1 is 1.05 bits per heavy atom. The summed E-state index contributed by atoms with van der Waals surface area (Å²) >= 11 is 0. The van der Waals surface area contributed by atoms with Crippen molar-refractivity contribution < 1.29 is 9.53 Å². The Balaban J connectivity index is 1.83. The van der Waals surface area contributed by atoms with Crippen molar-refractivity contribution in [1.29, 1.82) is 0 Å². The molecule has 110 valence electrons. The van der Waals surface area contributed by atoms with Gasteiger partial charge in [-0.05, 0) is 36.2 Å². The molecule has 2 rings (SSSR count). The molecule has 2 N–H and O–H groups in total. The van der Waals surface area contributed by atoms with Crippen LogP contribution >= 0.6 is 0 Å². The molecule has 2 aromatic rings. The lowest BCUT2D eigenvalue weighted by Gasteiger charge is -2.09. The van der Waals surface area contributed by atoms with E-state index in [9.17, 15) is 4.79 Å². The van der Waals surface area contributed by atoms with Crippen LogP contribution in [0.1, 0.15) is 18.9 Å². The maximum Gasteiger partial charge on any atom is 0.319 e. The van der Waals surface area contributed by atoms with Crippen LogP contribution in [0, 0.1) is 0 Å². The van der Waals surface area contributed by atoms with Crippen LogP contribution in [0.4, 0.5) is 10.5 Å². The summed E-state index contributed by atoms with van der Waals surface area (Å²) in [7, 11) is 0. The Hall–Kier alpha value is -2.49. The average molecular weight is 284 g/mol. The number of anilines is 1. The molecule has 21 heavy (non-hydrogen) atoms. The molecular weight excluding hydrogens is 264 g/mol. The lowest BCUT2D eigenvalue weighted by atomic mass is 10.2. The highest BCUT2D eigenvalue weighted by molar-refractivity contribution is 5.89. The molecule has 0 saturated heterocycles. The number of rotatable bonds is 6. The third-order valence-corrected chi connectivity index (χ3v) is 2.90. The van der Waals surface area contributed by atoms with Gasteiger partial charge in [-0.2, -0.15) is 0 Å². The van der Waals surface area contributed by atoms with Crippen LogP contribution < -0.4 is 15.4 Å². The molecule has 2 aromatic carbocycles. The van der Waals surface area contributed by atoms with Gasteiger partial charge in [0.05, 0.1) is 0 Å². The largest absolute Gasteiger partial charge is 0.489 e. The highest BCUT2D eigenvalue weighted by Gasteiger charge is 2.01. The van der Waals surface area contributed by atoms with Gasteiger partial charge in [-0.25, -0.2) is 4.79 Å². The number of urea groups is 1. The van der Waals surface area contributed by atoms with Crippen molar-refractivity contribution in [2.24, 2.45) is 0 Å². The van der Waals surface area contributed by atoms with Gasteiger partial charge in [-0.3, -0.25) is 0 Å². The molecule has 0 aliphatic carbocycles. The summed E-state index contributed by atoms with van der Waals surface area (Å²) in [4.78, 5) is 11.5. The summed E-state index contributed by atoms with van der Waals surface area (Å²) in [5.41, 5.74) is 1.87. The van der Waals surface area contributed by atoms with Crippen LogP contribution in [0.15, 0.2) is 54.6 Å². The van der Waals surface area contributed by atoms with Crippen LogP contribution in [-0.4, -0.2) is 12.6 Å². The predicted molar refractivity (Wildman–Crippen MR) is 84.5 cm³/mol. The maximum absolute atomic E-state index is 11.5. The third kappa shape index (κ3) is 5.18. The number of hydrogen-bond acceptors (Lipinski definition) is 2. The van der Waals surface area contributed by atoms with Crippen molar-refractivity contribution in [3.05, 3.63) is 60.2 Å². The van der Waals surface area contributed by atoms with E-state index in [2.05, 4.69) is 10.6 Å². The first-order chi connectivity index (χ1) is 10.3. The van der Waals surface area contributed by atoms with Crippen molar-refractivity contribution >= 4 is 11.7 Å². The average Bonchev–Trinajstić information content (AvgIpc) is 2.53. The van der Waals surface area contributed by atoms with Crippen LogP contribution in [0.5, 0.6) is 5.75 Å². The molecule has 0 radical (unpaired) electrons. The second kappa shape index (κ2) is 7.94. The van der Waals surface area contributed by atoms with E-state index >= 15 is 0 Å². The lowest BCUT2D eigenvalue weighted by molar-refractivity contribution is 0.252. The summed E-state index contributed by atoms with van der Waals surface area (Å²) in [6, 6.07) is 17.2. The highest BCUT2D eigenvalue weighted by Crippen LogP contribution is 2.17. The van der Waals surface area contributed by atoms with Crippen LogP contribution in [0.2, 0.25) is 0 Å². The maximum atomic E-state index is 11.5. The van der Waals surface area contributed by atoms with E-state index in [4.69, 9.17) is 4.74 Å². The number of hydrogen-bond donors (Lipinski definition) is 2. The molecule has 0 bridgehead atoms. The first-order valence-corrected chi connectivity index (χ1v) is 7.09.